The standard InChI is InChI=1S/C11H17FN2O/c1-3-10(13-6-8(2)15)11-5-4-9(12)7-14-11/h4-5,7-8,10,13,15H,3,6H2,1-2H3/t8-,10?/m1/s1. The van der Waals surface area contributed by atoms with Crippen LogP contribution in [0.1, 0.15) is 32.0 Å². The van der Waals surface area contributed by atoms with Gasteiger partial charge in [-0.2, -0.15) is 0 Å². The van der Waals surface area contributed by atoms with Crippen LogP contribution < -0.4 is 5.32 Å². The Morgan fingerprint density at radius 1 is 1.53 bits per heavy atom. The summed E-state index contributed by atoms with van der Waals surface area (Å²) in [4.78, 5) is 4.01. The average Bonchev–Trinajstić information content (AvgIpc) is 2.21. The molecule has 1 aromatic rings. The normalized spacial score (nSPS) is 14.9. The summed E-state index contributed by atoms with van der Waals surface area (Å²) in [5.41, 5.74) is 0.805. The Kier molecular flexibility index (Phi) is 4.65. The fraction of sp³-hybridized carbons (Fsp3) is 0.545. The van der Waals surface area contributed by atoms with Crippen molar-refractivity contribution in [2.45, 2.75) is 32.4 Å². The molecule has 0 radical (unpaired) electrons. The van der Waals surface area contributed by atoms with Crippen LogP contribution in [0.3, 0.4) is 0 Å². The Balaban J connectivity index is 2.61. The summed E-state index contributed by atoms with van der Waals surface area (Å²) in [5.74, 6) is -0.330. The van der Waals surface area contributed by atoms with E-state index in [4.69, 9.17) is 5.11 Å². The van der Waals surface area contributed by atoms with Crippen molar-refractivity contribution in [1.82, 2.24) is 10.3 Å². The van der Waals surface area contributed by atoms with E-state index in [2.05, 4.69) is 10.3 Å². The monoisotopic (exact) mass is 212 g/mol. The zero-order valence-electron chi connectivity index (χ0n) is 9.07. The van der Waals surface area contributed by atoms with Crippen LogP contribution in [-0.4, -0.2) is 22.7 Å². The summed E-state index contributed by atoms with van der Waals surface area (Å²) >= 11 is 0. The van der Waals surface area contributed by atoms with Crippen molar-refractivity contribution in [2.75, 3.05) is 6.54 Å². The number of nitrogens with zero attached hydrogens (tertiary/aromatic N) is 1. The lowest BCUT2D eigenvalue weighted by molar-refractivity contribution is 0.185. The number of aromatic nitrogens is 1. The van der Waals surface area contributed by atoms with Gasteiger partial charge in [0.1, 0.15) is 5.82 Å². The number of aliphatic hydroxyl groups excluding tert-OH is 1. The van der Waals surface area contributed by atoms with Gasteiger partial charge in [-0.05, 0) is 25.5 Å². The quantitative estimate of drug-likeness (QED) is 0.780. The van der Waals surface area contributed by atoms with Gasteiger partial charge in [-0.1, -0.05) is 6.92 Å². The van der Waals surface area contributed by atoms with Crippen LogP contribution in [-0.2, 0) is 0 Å². The largest absolute Gasteiger partial charge is 0.392 e. The fourth-order valence-corrected chi connectivity index (χ4v) is 1.36. The minimum absolute atomic E-state index is 0.0696. The minimum Gasteiger partial charge on any atom is -0.392 e. The lowest BCUT2D eigenvalue weighted by atomic mass is 10.1. The molecule has 0 aliphatic heterocycles. The van der Waals surface area contributed by atoms with Crippen molar-refractivity contribution >= 4 is 0 Å². The molecular formula is C11H17FN2O. The van der Waals surface area contributed by atoms with Gasteiger partial charge in [0.15, 0.2) is 0 Å². The Labute approximate surface area is 89.4 Å². The number of pyridine rings is 1. The first-order valence-electron chi connectivity index (χ1n) is 5.16. The Morgan fingerprint density at radius 3 is 2.73 bits per heavy atom. The third-order valence-corrected chi connectivity index (χ3v) is 2.18. The molecular weight excluding hydrogens is 195 g/mol. The molecule has 2 N–H and O–H groups in total. The predicted molar refractivity (Wildman–Crippen MR) is 56.9 cm³/mol. The van der Waals surface area contributed by atoms with Gasteiger partial charge in [0, 0.05) is 12.6 Å². The molecule has 1 aromatic heterocycles. The molecule has 4 heteroatoms. The highest BCUT2D eigenvalue weighted by atomic mass is 19.1. The van der Waals surface area contributed by atoms with E-state index < -0.39 is 0 Å². The third kappa shape index (κ3) is 3.93. The van der Waals surface area contributed by atoms with Crippen molar-refractivity contribution in [3.05, 3.63) is 29.8 Å². The Morgan fingerprint density at radius 2 is 2.27 bits per heavy atom. The summed E-state index contributed by atoms with van der Waals surface area (Å²) < 4.78 is 12.6. The predicted octanol–water partition coefficient (Wildman–Crippen LogP) is 1.64. The van der Waals surface area contributed by atoms with Crippen LogP contribution in [0.25, 0.3) is 0 Å². The molecule has 0 amide bonds. The van der Waals surface area contributed by atoms with Crippen LogP contribution in [0, 0.1) is 5.82 Å². The molecule has 0 bridgehead atoms. The van der Waals surface area contributed by atoms with Crippen LogP contribution in [0.2, 0.25) is 0 Å². The molecule has 0 aliphatic carbocycles. The summed E-state index contributed by atoms with van der Waals surface area (Å²) in [6.45, 7) is 4.25. The van der Waals surface area contributed by atoms with Crippen molar-refractivity contribution in [2.24, 2.45) is 0 Å². The van der Waals surface area contributed by atoms with Gasteiger partial charge in [-0.25, -0.2) is 4.39 Å². The van der Waals surface area contributed by atoms with Crippen LogP contribution in [0.4, 0.5) is 4.39 Å². The molecule has 84 valence electrons. The van der Waals surface area contributed by atoms with E-state index in [0.29, 0.717) is 6.54 Å². The molecule has 1 unspecified atom stereocenters. The van der Waals surface area contributed by atoms with Crippen molar-refractivity contribution < 1.29 is 9.50 Å². The lowest BCUT2D eigenvalue weighted by Gasteiger charge is -2.17. The van der Waals surface area contributed by atoms with E-state index in [1.165, 1.54) is 12.3 Å². The number of rotatable bonds is 5. The fourth-order valence-electron chi connectivity index (χ4n) is 1.36. The molecule has 0 spiro atoms. The van der Waals surface area contributed by atoms with Crippen molar-refractivity contribution in [3.63, 3.8) is 0 Å². The number of aliphatic hydroxyl groups is 1. The van der Waals surface area contributed by atoms with E-state index in [1.54, 1.807) is 13.0 Å². The second-order valence-electron chi connectivity index (χ2n) is 3.62. The van der Waals surface area contributed by atoms with Crippen molar-refractivity contribution in [3.8, 4) is 0 Å². The Hall–Kier alpha value is -1.00. The van der Waals surface area contributed by atoms with Crippen LogP contribution >= 0.6 is 0 Å². The SMILES string of the molecule is CCC(NC[C@@H](C)O)c1ccc(F)cn1. The molecule has 15 heavy (non-hydrogen) atoms. The molecule has 0 aliphatic rings. The van der Waals surface area contributed by atoms with Crippen LogP contribution in [0.15, 0.2) is 18.3 Å². The van der Waals surface area contributed by atoms with Crippen molar-refractivity contribution in [1.29, 1.82) is 0 Å². The molecule has 3 nitrogen and oxygen atoms in total. The highest BCUT2D eigenvalue weighted by molar-refractivity contribution is 5.09. The molecule has 0 aromatic carbocycles. The maximum atomic E-state index is 12.6. The minimum atomic E-state index is -0.389. The highest BCUT2D eigenvalue weighted by Crippen LogP contribution is 2.13. The summed E-state index contributed by atoms with van der Waals surface area (Å²) in [7, 11) is 0. The number of hydrogen-bond donors (Lipinski definition) is 2. The maximum Gasteiger partial charge on any atom is 0.141 e. The van der Waals surface area contributed by atoms with Gasteiger partial charge in [-0.15, -0.1) is 0 Å². The molecule has 0 saturated heterocycles. The first-order chi connectivity index (χ1) is 7.13. The van der Waals surface area contributed by atoms with E-state index in [0.717, 1.165) is 12.1 Å². The topological polar surface area (TPSA) is 45.1 Å². The highest BCUT2D eigenvalue weighted by Gasteiger charge is 2.10. The zero-order chi connectivity index (χ0) is 11.3. The first kappa shape index (κ1) is 12.1. The lowest BCUT2D eigenvalue weighted by Crippen LogP contribution is -2.28. The number of nitrogens with one attached hydrogen (secondary N) is 1. The zero-order valence-corrected chi connectivity index (χ0v) is 9.07. The average molecular weight is 212 g/mol. The van der Waals surface area contributed by atoms with Gasteiger partial charge in [-0.3, -0.25) is 4.98 Å². The van der Waals surface area contributed by atoms with Crippen LogP contribution in [0.5, 0.6) is 0 Å². The van der Waals surface area contributed by atoms with Gasteiger partial charge in [0.25, 0.3) is 0 Å². The van der Waals surface area contributed by atoms with E-state index >= 15 is 0 Å². The molecule has 2 atom stereocenters. The van der Waals surface area contributed by atoms with Gasteiger partial charge in [0.05, 0.1) is 18.0 Å². The number of hydrogen-bond acceptors (Lipinski definition) is 3. The first-order valence-corrected chi connectivity index (χ1v) is 5.16. The summed E-state index contributed by atoms with van der Waals surface area (Å²) in [6, 6.07) is 3.13. The smallest absolute Gasteiger partial charge is 0.141 e. The number of halogens is 1. The van der Waals surface area contributed by atoms with E-state index in [9.17, 15) is 4.39 Å². The maximum absolute atomic E-state index is 12.6. The molecule has 0 fully saturated rings. The second-order valence-corrected chi connectivity index (χ2v) is 3.62. The molecule has 0 saturated carbocycles. The summed E-state index contributed by atoms with van der Waals surface area (Å²) in [6.07, 6.45) is 1.67. The van der Waals surface area contributed by atoms with Gasteiger partial charge < -0.3 is 10.4 Å². The second kappa shape index (κ2) is 5.78. The molecule has 1 rings (SSSR count). The van der Waals surface area contributed by atoms with E-state index in [-0.39, 0.29) is 18.0 Å². The molecule has 1 heterocycles. The Bertz CT molecular complexity index is 287. The third-order valence-electron chi connectivity index (χ3n) is 2.18. The summed E-state index contributed by atoms with van der Waals surface area (Å²) in [5, 5.41) is 12.3. The van der Waals surface area contributed by atoms with Gasteiger partial charge >= 0.3 is 0 Å². The van der Waals surface area contributed by atoms with E-state index in [1.807, 2.05) is 6.92 Å². The van der Waals surface area contributed by atoms with Gasteiger partial charge in [0.2, 0.25) is 0 Å².